The second kappa shape index (κ2) is 14.2. The Bertz CT molecular complexity index is 1890. The Morgan fingerprint density at radius 1 is 1.06 bits per heavy atom. The van der Waals surface area contributed by atoms with Gasteiger partial charge in [0.05, 0.1) is 29.4 Å². The van der Waals surface area contributed by atoms with Gasteiger partial charge in [-0.2, -0.15) is 19.0 Å². The number of amides is 1. The van der Waals surface area contributed by atoms with Gasteiger partial charge in [-0.15, -0.1) is 0 Å². The number of ether oxygens (including phenoxy) is 1. The van der Waals surface area contributed by atoms with Crippen molar-refractivity contribution in [1.82, 2.24) is 29.4 Å². The number of alkyl halides is 4. The van der Waals surface area contributed by atoms with Gasteiger partial charge in [0.2, 0.25) is 6.43 Å². The average molecular weight is 717 g/mol. The number of aryl methyl sites for hydroxylation is 1. The van der Waals surface area contributed by atoms with Crippen molar-refractivity contribution >= 4 is 29.4 Å². The molecule has 0 aliphatic carbocycles. The molecule has 11 nitrogen and oxygen atoms in total. The van der Waals surface area contributed by atoms with Crippen molar-refractivity contribution in [3.63, 3.8) is 0 Å². The normalized spacial score (nSPS) is 17.8. The summed E-state index contributed by atoms with van der Waals surface area (Å²) in [6.45, 7) is 5.56. The lowest BCUT2D eigenvalue weighted by Crippen LogP contribution is -2.47. The molecule has 1 amide bonds. The number of esters is 1. The number of rotatable bonds is 12. The minimum Gasteiger partial charge on any atom is -0.463 e. The van der Waals surface area contributed by atoms with Crippen LogP contribution >= 0.6 is 11.6 Å². The number of halogens is 5. The lowest BCUT2D eigenvalue weighted by atomic mass is 9.75. The van der Waals surface area contributed by atoms with Crippen LogP contribution < -0.4 is 5.73 Å². The monoisotopic (exact) mass is 716 g/mol. The lowest BCUT2D eigenvalue weighted by molar-refractivity contribution is -0.149. The Hall–Kier alpha value is -4.79. The Morgan fingerprint density at radius 2 is 1.76 bits per heavy atom. The third kappa shape index (κ3) is 7.52. The summed E-state index contributed by atoms with van der Waals surface area (Å²) in [5, 5.41) is 8.25. The molecule has 0 unspecified atom stereocenters. The van der Waals surface area contributed by atoms with Crippen LogP contribution in [0.25, 0.3) is 16.8 Å². The smallest absolute Gasteiger partial charge is 0.333 e. The van der Waals surface area contributed by atoms with Crippen molar-refractivity contribution < 1.29 is 31.9 Å². The standard InChI is InChI=1S/C34H37ClF4N8O3/c1-19(29(36)37)12-28(48)50-16-27(22-8-11-25(35)26(13-22)47-20(2)41-18-43-47)46-30(49)34(44-32(46)40,17-33(3,4)5)24-9-6-21(7-10-24)23-14-42-45(15-23)31(38)39/h6-11,13-15,18-19,27,29,31H,12,16-17H2,1-5H3,(H2,40,44)/t19-,27+,34+/m0/s1. The van der Waals surface area contributed by atoms with Gasteiger partial charge in [0.25, 0.3) is 5.91 Å². The SMILES string of the molecule is Cc1ncnn1-c1cc([C@@H](COC(=O)C[C@H](C)C(F)F)N2C(=O)[C@@](CC(C)(C)C)(c3ccc(-c4cnn(C(F)F)c4)cc3)N=C2N)ccc1Cl. The maximum absolute atomic E-state index is 14.9. The van der Waals surface area contributed by atoms with Gasteiger partial charge in [-0.05, 0) is 47.6 Å². The van der Waals surface area contributed by atoms with Crippen LogP contribution in [0.4, 0.5) is 17.6 Å². The van der Waals surface area contributed by atoms with Crippen LogP contribution in [0.1, 0.15) is 70.1 Å². The van der Waals surface area contributed by atoms with E-state index < -0.39 is 60.8 Å². The Morgan fingerprint density at radius 3 is 2.34 bits per heavy atom. The highest BCUT2D eigenvalue weighted by atomic mass is 35.5. The summed E-state index contributed by atoms with van der Waals surface area (Å²) in [6.07, 6.45) is 0.839. The molecule has 3 heterocycles. The van der Waals surface area contributed by atoms with Crippen LogP contribution in [0.3, 0.4) is 0 Å². The number of aliphatic imine (C=N–C) groups is 1. The number of benzene rings is 2. The molecule has 50 heavy (non-hydrogen) atoms. The Kier molecular flexibility index (Phi) is 10.4. The van der Waals surface area contributed by atoms with Crippen LogP contribution in [0, 0.1) is 18.3 Å². The van der Waals surface area contributed by atoms with Crippen LogP contribution in [0.15, 0.2) is 66.2 Å². The summed E-state index contributed by atoms with van der Waals surface area (Å²) in [4.78, 5) is 37.8. The minimum atomic E-state index is -2.80. The predicted octanol–water partition coefficient (Wildman–Crippen LogP) is 6.85. The molecule has 0 spiro atoms. The first kappa shape index (κ1) is 36.5. The van der Waals surface area contributed by atoms with Gasteiger partial charge in [0.1, 0.15) is 18.8 Å². The van der Waals surface area contributed by atoms with E-state index in [4.69, 9.17) is 27.1 Å². The number of carbonyl (C=O) groups is 2. The van der Waals surface area contributed by atoms with Crippen LogP contribution in [0.5, 0.6) is 0 Å². The summed E-state index contributed by atoms with van der Waals surface area (Å²) in [5.41, 5.74) is 7.00. The number of nitrogens with zero attached hydrogens (tertiary/aromatic N) is 7. The fourth-order valence-corrected chi connectivity index (χ4v) is 6.14. The summed E-state index contributed by atoms with van der Waals surface area (Å²) >= 11 is 6.55. The van der Waals surface area contributed by atoms with Crippen molar-refractivity contribution in [2.24, 2.45) is 22.1 Å². The van der Waals surface area contributed by atoms with Gasteiger partial charge < -0.3 is 10.5 Å². The molecule has 0 fully saturated rings. The van der Waals surface area contributed by atoms with Crippen molar-refractivity contribution in [3.8, 4) is 16.8 Å². The number of carbonyl (C=O) groups excluding carboxylic acids is 2. The van der Waals surface area contributed by atoms with Gasteiger partial charge in [0.15, 0.2) is 11.5 Å². The minimum absolute atomic E-state index is 0.156. The average Bonchev–Trinajstić information content (AvgIpc) is 3.76. The van der Waals surface area contributed by atoms with Gasteiger partial charge in [-0.1, -0.05) is 69.6 Å². The molecule has 0 saturated heterocycles. The van der Waals surface area contributed by atoms with Gasteiger partial charge in [-0.25, -0.2) is 28.1 Å². The number of guanidine groups is 1. The highest BCUT2D eigenvalue weighted by Gasteiger charge is 2.53. The quantitative estimate of drug-likeness (QED) is 0.125. The van der Waals surface area contributed by atoms with Crippen LogP contribution in [-0.4, -0.2) is 60.3 Å². The molecule has 266 valence electrons. The molecule has 4 aromatic rings. The number of nitrogens with two attached hydrogens (primary N) is 1. The third-order valence-electron chi connectivity index (χ3n) is 8.34. The number of hydrogen-bond acceptors (Lipinski definition) is 8. The molecule has 0 radical (unpaired) electrons. The zero-order chi connectivity index (χ0) is 36.5. The summed E-state index contributed by atoms with van der Waals surface area (Å²) < 4.78 is 60.3. The van der Waals surface area contributed by atoms with E-state index in [2.05, 4.69) is 15.2 Å². The maximum Gasteiger partial charge on any atom is 0.333 e. The highest BCUT2D eigenvalue weighted by Crippen LogP contribution is 2.45. The Labute approximate surface area is 291 Å². The summed E-state index contributed by atoms with van der Waals surface area (Å²) in [6, 6.07) is 10.6. The number of aromatic nitrogens is 5. The van der Waals surface area contributed by atoms with Gasteiger partial charge in [0, 0.05) is 17.7 Å². The molecule has 3 atom stereocenters. The first-order valence-corrected chi connectivity index (χ1v) is 16.1. The molecule has 16 heteroatoms. The van der Waals surface area contributed by atoms with E-state index in [1.807, 2.05) is 20.8 Å². The summed E-state index contributed by atoms with van der Waals surface area (Å²) in [5.74, 6) is -2.26. The largest absolute Gasteiger partial charge is 0.463 e. The zero-order valence-corrected chi connectivity index (χ0v) is 28.8. The predicted molar refractivity (Wildman–Crippen MR) is 178 cm³/mol. The fraction of sp³-hybridized carbons (Fsp3) is 0.412. The second-order valence-corrected chi connectivity index (χ2v) is 13.9. The van der Waals surface area contributed by atoms with Crippen LogP contribution in [0.2, 0.25) is 5.02 Å². The van der Waals surface area contributed by atoms with Crippen molar-refractivity contribution in [1.29, 1.82) is 0 Å². The van der Waals surface area contributed by atoms with Crippen molar-refractivity contribution in [2.45, 2.75) is 72.0 Å². The first-order valence-electron chi connectivity index (χ1n) is 15.7. The van der Waals surface area contributed by atoms with Crippen molar-refractivity contribution in [2.75, 3.05) is 6.61 Å². The van der Waals surface area contributed by atoms with E-state index in [1.165, 1.54) is 35.2 Å². The molecule has 1 aliphatic rings. The van der Waals surface area contributed by atoms with Crippen LogP contribution in [-0.2, 0) is 19.9 Å². The maximum atomic E-state index is 14.9. The molecular formula is C34H37ClF4N8O3. The van der Waals surface area contributed by atoms with E-state index in [0.717, 1.165) is 0 Å². The van der Waals surface area contributed by atoms with Gasteiger partial charge >= 0.3 is 12.5 Å². The molecule has 2 N–H and O–H groups in total. The zero-order valence-electron chi connectivity index (χ0n) is 28.0. The van der Waals surface area contributed by atoms with Gasteiger partial charge in [-0.3, -0.25) is 14.5 Å². The summed E-state index contributed by atoms with van der Waals surface area (Å²) in [7, 11) is 0. The van der Waals surface area contributed by atoms with Crippen molar-refractivity contribution in [3.05, 3.63) is 83.2 Å². The lowest BCUT2D eigenvalue weighted by Gasteiger charge is -2.35. The molecule has 0 bridgehead atoms. The highest BCUT2D eigenvalue weighted by molar-refractivity contribution is 6.32. The molecule has 5 rings (SSSR count). The van der Waals surface area contributed by atoms with E-state index in [9.17, 15) is 27.2 Å². The van der Waals surface area contributed by atoms with E-state index >= 15 is 0 Å². The molecule has 2 aromatic heterocycles. The van der Waals surface area contributed by atoms with E-state index in [1.54, 1.807) is 49.4 Å². The molecule has 2 aromatic carbocycles. The van der Waals surface area contributed by atoms with E-state index in [0.29, 0.717) is 43.5 Å². The van der Waals surface area contributed by atoms with E-state index in [-0.39, 0.29) is 12.4 Å². The topological polar surface area (TPSA) is 134 Å². The number of hydrogen-bond donors (Lipinski definition) is 1. The second-order valence-electron chi connectivity index (χ2n) is 13.5. The fourth-order valence-electron chi connectivity index (χ4n) is 5.94. The molecular weight excluding hydrogens is 680 g/mol. The Balaban J connectivity index is 1.56. The molecule has 1 aliphatic heterocycles. The first-order chi connectivity index (χ1) is 23.5. The molecule has 0 saturated carbocycles. The third-order valence-corrected chi connectivity index (χ3v) is 8.66.